The molecule has 2 heterocycles. The maximum absolute atomic E-state index is 6.02. The van der Waals surface area contributed by atoms with E-state index in [1.165, 1.54) is 0 Å². The topological polar surface area (TPSA) is 43.6 Å². The lowest BCUT2D eigenvalue weighted by molar-refractivity contribution is 0.746. The molecular weight excluding hydrogens is 328 g/mol. The van der Waals surface area contributed by atoms with Crippen molar-refractivity contribution >= 4 is 23.4 Å². The molecule has 0 bridgehead atoms. The fourth-order valence-electron chi connectivity index (χ4n) is 2.12. The van der Waals surface area contributed by atoms with Crippen molar-refractivity contribution in [3.05, 3.63) is 53.8 Å². The first kappa shape index (κ1) is 16.0. The van der Waals surface area contributed by atoms with Crippen LogP contribution < -0.4 is 0 Å². The molecule has 0 aliphatic rings. The highest BCUT2D eigenvalue weighted by Gasteiger charge is 2.16. The van der Waals surface area contributed by atoms with Crippen LogP contribution in [0.4, 0.5) is 0 Å². The van der Waals surface area contributed by atoms with Crippen molar-refractivity contribution in [1.82, 2.24) is 19.7 Å². The minimum Gasteiger partial charge on any atom is -0.270 e. The molecule has 0 unspecified atom stereocenters. The summed E-state index contributed by atoms with van der Waals surface area (Å²) in [5.74, 6) is 2.38. The molecule has 0 N–H and O–H groups in total. The van der Waals surface area contributed by atoms with Gasteiger partial charge >= 0.3 is 0 Å². The van der Waals surface area contributed by atoms with E-state index in [0.29, 0.717) is 10.9 Å². The molecule has 0 radical (unpaired) electrons. The summed E-state index contributed by atoms with van der Waals surface area (Å²) < 4.78 is 2.07. The lowest BCUT2D eigenvalue weighted by atomic mass is 10.2. The van der Waals surface area contributed by atoms with Gasteiger partial charge in [0.15, 0.2) is 11.0 Å². The van der Waals surface area contributed by atoms with Gasteiger partial charge in [0, 0.05) is 34.4 Å². The Morgan fingerprint density at radius 1 is 1.04 bits per heavy atom. The Labute approximate surface area is 144 Å². The molecule has 0 aliphatic heterocycles. The van der Waals surface area contributed by atoms with Crippen molar-refractivity contribution in [1.29, 1.82) is 0 Å². The second-order valence-corrected chi connectivity index (χ2v) is 6.98. The summed E-state index contributed by atoms with van der Waals surface area (Å²) in [6, 6.07) is 11.6. The summed E-state index contributed by atoms with van der Waals surface area (Å²) >= 11 is 7.73. The van der Waals surface area contributed by atoms with Gasteiger partial charge in [-0.15, -0.1) is 10.2 Å². The van der Waals surface area contributed by atoms with E-state index in [1.807, 2.05) is 36.4 Å². The quantitative estimate of drug-likeness (QED) is 0.627. The average Bonchev–Trinajstić information content (AvgIpc) is 2.98. The number of aromatic nitrogens is 4. The van der Waals surface area contributed by atoms with E-state index >= 15 is 0 Å². The molecule has 0 saturated heterocycles. The minimum atomic E-state index is 0.583. The Morgan fingerprint density at radius 3 is 2.39 bits per heavy atom. The van der Waals surface area contributed by atoms with Crippen LogP contribution in [0.25, 0.3) is 17.1 Å². The Hall–Kier alpha value is -1.85. The third-order valence-corrected chi connectivity index (χ3v) is 4.81. The van der Waals surface area contributed by atoms with Crippen LogP contribution in [0.1, 0.15) is 13.8 Å². The largest absolute Gasteiger partial charge is 0.270 e. The van der Waals surface area contributed by atoms with Crippen molar-refractivity contribution in [2.24, 2.45) is 5.92 Å². The van der Waals surface area contributed by atoms with Crippen molar-refractivity contribution in [3.8, 4) is 17.1 Å². The highest BCUT2D eigenvalue weighted by molar-refractivity contribution is 7.99. The van der Waals surface area contributed by atoms with Gasteiger partial charge in [0.25, 0.3) is 0 Å². The molecule has 2 aromatic heterocycles. The molecular formula is C17H17ClN4S. The van der Waals surface area contributed by atoms with Crippen LogP contribution in [0.3, 0.4) is 0 Å². The fourth-order valence-corrected chi connectivity index (χ4v) is 3.14. The number of thioether (sulfide) groups is 1. The monoisotopic (exact) mass is 344 g/mol. The van der Waals surface area contributed by atoms with E-state index in [0.717, 1.165) is 28.0 Å². The lowest BCUT2D eigenvalue weighted by Gasteiger charge is -2.11. The van der Waals surface area contributed by atoms with Gasteiger partial charge in [-0.2, -0.15) is 0 Å². The first-order valence-corrected chi connectivity index (χ1v) is 8.76. The first-order chi connectivity index (χ1) is 11.1. The normalized spacial score (nSPS) is 11.1. The Kier molecular flexibility index (Phi) is 4.98. The molecule has 1 aromatic carbocycles. The molecule has 23 heavy (non-hydrogen) atoms. The molecule has 0 spiro atoms. The molecule has 6 heteroatoms. The molecule has 4 nitrogen and oxygen atoms in total. The summed E-state index contributed by atoms with van der Waals surface area (Å²) in [6.07, 6.45) is 3.52. The number of rotatable bonds is 5. The zero-order valence-corrected chi connectivity index (χ0v) is 14.6. The molecule has 0 fully saturated rings. The van der Waals surface area contributed by atoms with Crippen molar-refractivity contribution < 1.29 is 0 Å². The number of hydrogen-bond acceptors (Lipinski definition) is 4. The Balaban J connectivity index is 2.08. The van der Waals surface area contributed by atoms with E-state index in [9.17, 15) is 0 Å². The van der Waals surface area contributed by atoms with Gasteiger partial charge in [-0.1, -0.05) is 37.2 Å². The van der Waals surface area contributed by atoms with E-state index in [4.69, 9.17) is 11.6 Å². The van der Waals surface area contributed by atoms with Crippen LogP contribution >= 0.6 is 23.4 Å². The molecule has 3 rings (SSSR count). The fraction of sp³-hybridized carbons (Fsp3) is 0.235. The Bertz CT molecular complexity index is 769. The second-order valence-electron chi connectivity index (χ2n) is 5.56. The highest BCUT2D eigenvalue weighted by atomic mass is 35.5. The van der Waals surface area contributed by atoms with Crippen molar-refractivity contribution in [2.75, 3.05) is 5.75 Å². The highest BCUT2D eigenvalue weighted by Crippen LogP contribution is 2.29. The van der Waals surface area contributed by atoms with Gasteiger partial charge in [-0.25, -0.2) is 0 Å². The number of pyridine rings is 1. The zero-order chi connectivity index (χ0) is 16.2. The van der Waals surface area contributed by atoms with E-state index < -0.39 is 0 Å². The predicted octanol–water partition coefficient (Wildman–Crippen LogP) is 4.73. The SMILES string of the molecule is CC(C)CSc1nnc(-c2ccncc2)n1-c1ccc(Cl)cc1. The van der Waals surface area contributed by atoms with Gasteiger partial charge in [0.2, 0.25) is 0 Å². The van der Waals surface area contributed by atoms with Gasteiger partial charge in [0.05, 0.1) is 0 Å². The molecule has 118 valence electrons. The molecule has 0 atom stereocenters. The predicted molar refractivity (Wildman–Crippen MR) is 95.2 cm³/mol. The third kappa shape index (κ3) is 3.74. The summed E-state index contributed by atoms with van der Waals surface area (Å²) in [5.41, 5.74) is 1.98. The van der Waals surface area contributed by atoms with Gasteiger partial charge in [-0.3, -0.25) is 9.55 Å². The zero-order valence-electron chi connectivity index (χ0n) is 13.0. The number of halogens is 1. The van der Waals surface area contributed by atoms with Crippen LogP contribution in [0.15, 0.2) is 53.9 Å². The van der Waals surface area contributed by atoms with Crippen LogP contribution in [-0.4, -0.2) is 25.5 Å². The van der Waals surface area contributed by atoms with E-state index in [2.05, 4.69) is 33.6 Å². The van der Waals surface area contributed by atoms with Gasteiger partial charge < -0.3 is 0 Å². The average molecular weight is 345 g/mol. The maximum Gasteiger partial charge on any atom is 0.196 e. The van der Waals surface area contributed by atoms with Crippen LogP contribution in [-0.2, 0) is 0 Å². The molecule has 0 aliphatic carbocycles. The van der Waals surface area contributed by atoms with Crippen molar-refractivity contribution in [2.45, 2.75) is 19.0 Å². The third-order valence-electron chi connectivity index (χ3n) is 3.20. The number of nitrogens with zero attached hydrogens (tertiary/aromatic N) is 4. The molecule has 3 aromatic rings. The number of hydrogen-bond donors (Lipinski definition) is 0. The lowest BCUT2D eigenvalue weighted by Crippen LogP contribution is -2.01. The first-order valence-electron chi connectivity index (χ1n) is 7.39. The van der Waals surface area contributed by atoms with Gasteiger partial charge in [0.1, 0.15) is 0 Å². The summed E-state index contributed by atoms with van der Waals surface area (Å²) in [6.45, 7) is 4.39. The maximum atomic E-state index is 6.02. The van der Waals surface area contributed by atoms with Crippen LogP contribution in [0.5, 0.6) is 0 Å². The number of benzene rings is 1. The van der Waals surface area contributed by atoms with Gasteiger partial charge in [-0.05, 0) is 42.3 Å². The van der Waals surface area contributed by atoms with Crippen LogP contribution in [0.2, 0.25) is 5.02 Å². The molecule has 0 saturated carbocycles. The molecule has 0 amide bonds. The summed E-state index contributed by atoms with van der Waals surface area (Å²) in [7, 11) is 0. The standard InChI is InChI=1S/C17H17ClN4S/c1-12(2)11-23-17-21-20-16(13-7-9-19-10-8-13)22(17)15-5-3-14(18)4-6-15/h3-10,12H,11H2,1-2H3. The summed E-state index contributed by atoms with van der Waals surface area (Å²) in [5, 5.41) is 10.4. The van der Waals surface area contributed by atoms with Crippen molar-refractivity contribution in [3.63, 3.8) is 0 Å². The summed E-state index contributed by atoms with van der Waals surface area (Å²) in [4.78, 5) is 4.07. The second kappa shape index (κ2) is 7.15. The minimum absolute atomic E-state index is 0.583. The van der Waals surface area contributed by atoms with E-state index in [-0.39, 0.29) is 0 Å². The Morgan fingerprint density at radius 2 is 1.74 bits per heavy atom. The van der Waals surface area contributed by atoms with Crippen LogP contribution in [0, 0.1) is 5.92 Å². The van der Waals surface area contributed by atoms with E-state index in [1.54, 1.807) is 24.2 Å². The smallest absolute Gasteiger partial charge is 0.196 e.